The van der Waals surface area contributed by atoms with Gasteiger partial charge in [0, 0.05) is 5.75 Å². The summed E-state index contributed by atoms with van der Waals surface area (Å²) in [5.74, 6) is 1.02. The summed E-state index contributed by atoms with van der Waals surface area (Å²) in [6, 6.07) is 4.57. The fourth-order valence-corrected chi connectivity index (χ4v) is 1.25. The van der Waals surface area contributed by atoms with Crippen LogP contribution >= 0.6 is 12.6 Å². The Morgan fingerprint density at radius 3 is 2.18 bits per heavy atom. The molecule has 96 valence electrons. The maximum absolute atomic E-state index is 12.2. The first-order valence-corrected chi connectivity index (χ1v) is 5.66. The number of rotatable bonds is 6. The van der Waals surface area contributed by atoms with Gasteiger partial charge < -0.3 is 9.47 Å². The third-order valence-corrected chi connectivity index (χ3v) is 2.10. The molecular formula is C11H13F3O2S. The van der Waals surface area contributed by atoms with Crippen LogP contribution in [-0.2, 0) is 10.9 Å². The lowest BCUT2D eigenvalue weighted by Gasteiger charge is -2.09. The highest BCUT2D eigenvalue weighted by molar-refractivity contribution is 7.80. The molecule has 0 aromatic heterocycles. The van der Waals surface area contributed by atoms with Crippen molar-refractivity contribution >= 4 is 12.6 Å². The SMILES string of the molecule is FC(F)(F)c1ccc(OCCOCCS)cc1. The van der Waals surface area contributed by atoms with E-state index in [0.29, 0.717) is 31.3 Å². The molecule has 0 radical (unpaired) electrons. The molecule has 0 fully saturated rings. The summed E-state index contributed by atoms with van der Waals surface area (Å²) in [5, 5.41) is 0. The number of hydrogen-bond acceptors (Lipinski definition) is 3. The van der Waals surface area contributed by atoms with E-state index in [9.17, 15) is 13.2 Å². The first-order chi connectivity index (χ1) is 8.04. The van der Waals surface area contributed by atoms with Gasteiger partial charge in [0.1, 0.15) is 12.4 Å². The molecule has 6 heteroatoms. The van der Waals surface area contributed by atoms with Crippen LogP contribution in [0.3, 0.4) is 0 Å². The van der Waals surface area contributed by atoms with E-state index in [1.165, 1.54) is 12.1 Å². The van der Waals surface area contributed by atoms with E-state index >= 15 is 0 Å². The normalized spacial score (nSPS) is 11.5. The molecule has 1 aromatic carbocycles. The van der Waals surface area contributed by atoms with Crippen molar-refractivity contribution < 1.29 is 22.6 Å². The van der Waals surface area contributed by atoms with Crippen LogP contribution in [0.15, 0.2) is 24.3 Å². The Morgan fingerprint density at radius 2 is 1.65 bits per heavy atom. The van der Waals surface area contributed by atoms with Gasteiger partial charge in [0.05, 0.1) is 18.8 Å². The molecule has 0 aliphatic heterocycles. The van der Waals surface area contributed by atoms with Crippen LogP contribution in [0.2, 0.25) is 0 Å². The third kappa shape index (κ3) is 5.32. The zero-order valence-electron chi connectivity index (χ0n) is 9.04. The molecule has 0 amide bonds. The predicted octanol–water partition coefficient (Wildman–Crippen LogP) is 3.03. The molecule has 0 aliphatic rings. The van der Waals surface area contributed by atoms with Gasteiger partial charge in [-0.15, -0.1) is 0 Å². The van der Waals surface area contributed by atoms with Gasteiger partial charge in [-0.05, 0) is 24.3 Å². The van der Waals surface area contributed by atoms with Gasteiger partial charge in [-0.3, -0.25) is 0 Å². The second kappa shape index (κ2) is 6.76. The van der Waals surface area contributed by atoms with Crippen LogP contribution in [0.25, 0.3) is 0 Å². The van der Waals surface area contributed by atoms with Crippen molar-refractivity contribution in [2.75, 3.05) is 25.6 Å². The molecule has 0 spiro atoms. The summed E-state index contributed by atoms with van der Waals surface area (Å²) < 4.78 is 47.0. The predicted molar refractivity (Wildman–Crippen MR) is 61.6 cm³/mol. The number of hydrogen-bond donors (Lipinski definition) is 1. The van der Waals surface area contributed by atoms with Crippen LogP contribution in [0.5, 0.6) is 5.75 Å². The quantitative estimate of drug-likeness (QED) is 0.630. The molecule has 0 saturated heterocycles. The Kier molecular flexibility index (Phi) is 5.64. The Labute approximate surface area is 103 Å². The van der Waals surface area contributed by atoms with Gasteiger partial charge in [-0.2, -0.15) is 25.8 Å². The second-order valence-corrected chi connectivity index (χ2v) is 3.65. The third-order valence-electron chi connectivity index (χ3n) is 1.91. The first kappa shape index (κ1) is 14.2. The van der Waals surface area contributed by atoms with Crippen molar-refractivity contribution in [1.29, 1.82) is 0 Å². The lowest BCUT2D eigenvalue weighted by atomic mass is 10.2. The van der Waals surface area contributed by atoms with E-state index in [0.717, 1.165) is 12.1 Å². The molecule has 0 saturated carbocycles. The Hall–Kier alpha value is -0.880. The summed E-state index contributed by atoms with van der Waals surface area (Å²) in [6.45, 7) is 1.22. The van der Waals surface area contributed by atoms with Crippen LogP contribution in [-0.4, -0.2) is 25.6 Å². The summed E-state index contributed by atoms with van der Waals surface area (Å²) in [4.78, 5) is 0. The molecule has 0 N–H and O–H groups in total. The zero-order valence-corrected chi connectivity index (χ0v) is 9.93. The fraction of sp³-hybridized carbons (Fsp3) is 0.455. The van der Waals surface area contributed by atoms with E-state index in [1.54, 1.807) is 0 Å². The average Bonchev–Trinajstić information content (AvgIpc) is 2.28. The van der Waals surface area contributed by atoms with Crippen LogP contribution in [0.1, 0.15) is 5.56 Å². The fourth-order valence-electron chi connectivity index (χ4n) is 1.13. The summed E-state index contributed by atoms with van der Waals surface area (Å²) in [5.41, 5.74) is -0.684. The standard InChI is InChI=1S/C11H13F3O2S/c12-11(13,14)9-1-3-10(4-2-9)16-6-5-15-7-8-17/h1-4,17H,5-8H2. The van der Waals surface area contributed by atoms with E-state index in [-0.39, 0.29) is 0 Å². The van der Waals surface area contributed by atoms with Crippen LogP contribution in [0, 0.1) is 0 Å². The van der Waals surface area contributed by atoms with Crippen molar-refractivity contribution in [3.63, 3.8) is 0 Å². The minimum atomic E-state index is -4.31. The Balaban J connectivity index is 2.36. The number of halogens is 3. The molecular weight excluding hydrogens is 253 g/mol. The maximum Gasteiger partial charge on any atom is 0.416 e. The van der Waals surface area contributed by atoms with Crippen molar-refractivity contribution in [1.82, 2.24) is 0 Å². The topological polar surface area (TPSA) is 18.5 Å². The molecule has 0 unspecified atom stereocenters. The number of thiol groups is 1. The summed E-state index contributed by atoms with van der Waals surface area (Å²) in [6.07, 6.45) is -4.31. The highest BCUT2D eigenvalue weighted by Crippen LogP contribution is 2.30. The van der Waals surface area contributed by atoms with Gasteiger partial charge in [0.2, 0.25) is 0 Å². The highest BCUT2D eigenvalue weighted by Gasteiger charge is 2.29. The Bertz CT molecular complexity index is 324. The van der Waals surface area contributed by atoms with Gasteiger partial charge in [0.15, 0.2) is 0 Å². The molecule has 1 rings (SSSR count). The minimum Gasteiger partial charge on any atom is -0.491 e. The summed E-state index contributed by atoms with van der Waals surface area (Å²) >= 11 is 3.96. The first-order valence-electron chi connectivity index (χ1n) is 5.02. The van der Waals surface area contributed by atoms with E-state index in [2.05, 4.69) is 12.6 Å². The molecule has 1 aromatic rings. The van der Waals surface area contributed by atoms with Crippen LogP contribution < -0.4 is 4.74 Å². The lowest BCUT2D eigenvalue weighted by molar-refractivity contribution is -0.137. The van der Waals surface area contributed by atoms with Crippen molar-refractivity contribution in [2.24, 2.45) is 0 Å². The van der Waals surface area contributed by atoms with Gasteiger partial charge in [-0.1, -0.05) is 0 Å². The smallest absolute Gasteiger partial charge is 0.416 e. The highest BCUT2D eigenvalue weighted by atomic mass is 32.1. The minimum absolute atomic E-state index is 0.305. The van der Waals surface area contributed by atoms with E-state index in [4.69, 9.17) is 9.47 Å². The van der Waals surface area contributed by atoms with Gasteiger partial charge in [0.25, 0.3) is 0 Å². The van der Waals surface area contributed by atoms with Gasteiger partial charge in [-0.25, -0.2) is 0 Å². The average molecular weight is 266 g/mol. The van der Waals surface area contributed by atoms with Crippen molar-refractivity contribution in [2.45, 2.75) is 6.18 Å². The van der Waals surface area contributed by atoms with Gasteiger partial charge >= 0.3 is 6.18 Å². The summed E-state index contributed by atoms with van der Waals surface area (Å²) in [7, 11) is 0. The van der Waals surface area contributed by atoms with E-state index < -0.39 is 11.7 Å². The Morgan fingerprint density at radius 1 is 1.00 bits per heavy atom. The monoisotopic (exact) mass is 266 g/mol. The molecule has 0 heterocycles. The molecule has 0 bridgehead atoms. The number of alkyl halides is 3. The van der Waals surface area contributed by atoms with Crippen molar-refractivity contribution in [3.8, 4) is 5.75 Å². The largest absolute Gasteiger partial charge is 0.491 e. The lowest BCUT2D eigenvalue weighted by Crippen LogP contribution is -2.08. The number of benzene rings is 1. The molecule has 0 aliphatic carbocycles. The molecule has 0 atom stereocenters. The van der Waals surface area contributed by atoms with Crippen LogP contribution in [0.4, 0.5) is 13.2 Å². The number of ether oxygens (including phenoxy) is 2. The zero-order chi connectivity index (χ0) is 12.7. The van der Waals surface area contributed by atoms with Crippen molar-refractivity contribution in [3.05, 3.63) is 29.8 Å². The molecule has 17 heavy (non-hydrogen) atoms. The second-order valence-electron chi connectivity index (χ2n) is 3.21. The maximum atomic E-state index is 12.2. The van der Waals surface area contributed by atoms with E-state index in [1.807, 2.05) is 0 Å². The molecule has 2 nitrogen and oxygen atoms in total.